The minimum atomic E-state index is -0.293. The number of esters is 1. The predicted molar refractivity (Wildman–Crippen MR) is 89.7 cm³/mol. The molecule has 0 aliphatic heterocycles. The molecule has 1 saturated carbocycles. The fourth-order valence-corrected chi connectivity index (χ4v) is 2.99. The van der Waals surface area contributed by atoms with E-state index in [1.165, 1.54) is 6.42 Å². The Morgan fingerprint density at radius 3 is 2.21 bits per heavy atom. The number of rotatable bonds is 5. The number of ketones is 1. The van der Waals surface area contributed by atoms with E-state index in [4.69, 9.17) is 4.74 Å². The van der Waals surface area contributed by atoms with Crippen LogP contribution in [0.3, 0.4) is 0 Å². The van der Waals surface area contributed by atoms with E-state index >= 15 is 0 Å². The van der Waals surface area contributed by atoms with Crippen molar-refractivity contribution in [3.8, 4) is 0 Å². The van der Waals surface area contributed by atoms with Gasteiger partial charge in [0, 0.05) is 17.7 Å². The molecule has 1 aliphatic carbocycles. The molecule has 0 bridgehead atoms. The second-order valence-electron chi connectivity index (χ2n) is 6.21. The molecule has 0 N–H and O–H groups in total. The first-order valence-corrected chi connectivity index (χ1v) is 8.51. The molecular weight excluding hydrogens is 302 g/mol. The molecule has 1 aromatic carbocycles. The van der Waals surface area contributed by atoms with Gasteiger partial charge in [-0.25, -0.2) is 4.79 Å². The maximum absolute atomic E-state index is 12.3. The molecule has 1 aromatic heterocycles. The average molecular weight is 324 g/mol. The van der Waals surface area contributed by atoms with Crippen LogP contribution in [0.1, 0.15) is 52.8 Å². The summed E-state index contributed by atoms with van der Waals surface area (Å²) in [6.45, 7) is 0.284. The molecule has 0 unspecified atom stereocenters. The van der Waals surface area contributed by atoms with Gasteiger partial charge in [0.2, 0.25) is 12.3 Å². The van der Waals surface area contributed by atoms with Gasteiger partial charge in [-0.1, -0.05) is 24.6 Å². The van der Waals surface area contributed by atoms with Gasteiger partial charge in [0.15, 0.2) is 12.4 Å². The van der Waals surface area contributed by atoms with E-state index in [9.17, 15) is 9.59 Å². The van der Waals surface area contributed by atoms with E-state index in [2.05, 4.69) is 0 Å². The largest absolute Gasteiger partial charge is 0.459 e. The van der Waals surface area contributed by atoms with E-state index in [-0.39, 0.29) is 24.4 Å². The van der Waals surface area contributed by atoms with E-state index < -0.39 is 0 Å². The molecule has 2 aromatic rings. The smallest absolute Gasteiger partial charge is 0.338 e. The molecule has 3 rings (SSSR count). The molecule has 4 nitrogen and oxygen atoms in total. The van der Waals surface area contributed by atoms with Crippen molar-refractivity contribution in [1.29, 1.82) is 0 Å². The van der Waals surface area contributed by atoms with Crippen LogP contribution in [0.4, 0.5) is 0 Å². The number of Topliss-reactive ketones (excluding diaryl/α,β-unsaturated/α-hetero) is 1. The molecule has 1 heterocycles. The van der Waals surface area contributed by atoms with Crippen LogP contribution >= 0.6 is 0 Å². The highest BCUT2D eigenvalue weighted by atomic mass is 16.5. The third-order valence-electron chi connectivity index (χ3n) is 4.37. The lowest BCUT2D eigenvalue weighted by Crippen LogP contribution is -2.36. The molecule has 0 spiro atoms. The number of aromatic nitrogens is 1. The van der Waals surface area contributed by atoms with Gasteiger partial charge in [0.1, 0.15) is 6.10 Å². The fourth-order valence-electron chi connectivity index (χ4n) is 2.99. The van der Waals surface area contributed by atoms with Crippen molar-refractivity contribution in [1.82, 2.24) is 0 Å². The molecular formula is C20H22NO3+. The van der Waals surface area contributed by atoms with Gasteiger partial charge in [-0.15, -0.1) is 0 Å². The quantitative estimate of drug-likeness (QED) is 0.481. The van der Waals surface area contributed by atoms with Crippen molar-refractivity contribution in [2.75, 3.05) is 0 Å². The molecule has 124 valence electrons. The molecule has 1 fully saturated rings. The lowest BCUT2D eigenvalue weighted by molar-refractivity contribution is -0.683. The van der Waals surface area contributed by atoms with Crippen LogP contribution in [-0.4, -0.2) is 17.9 Å². The topological polar surface area (TPSA) is 47.2 Å². The number of carbonyl (C=O) groups excluding carboxylic acids is 2. The first kappa shape index (κ1) is 16.4. The Morgan fingerprint density at radius 1 is 0.917 bits per heavy atom. The van der Waals surface area contributed by atoms with E-state index in [1.807, 2.05) is 35.2 Å². The minimum absolute atomic E-state index is 0.0124. The number of ether oxygens (including phenoxy) is 1. The third kappa shape index (κ3) is 4.28. The summed E-state index contributed by atoms with van der Waals surface area (Å²) < 4.78 is 7.37. The van der Waals surface area contributed by atoms with Gasteiger partial charge in [0.25, 0.3) is 0 Å². The summed E-state index contributed by atoms with van der Waals surface area (Å²) >= 11 is 0. The Labute approximate surface area is 142 Å². The molecule has 0 saturated heterocycles. The Bertz CT molecular complexity index is 689. The average Bonchev–Trinajstić information content (AvgIpc) is 2.63. The summed E-state index contributed by atoms with van der Waals surface area (Å²) in [6.07, 6.45) is 9.14. The second kappa shape index (κ2) is 7.86. The maximum atomic E-state index is 12.3. The highest BCUT2D eigenvalue weighted by Crippen LogP contribution is 2.21. The van der Waals surface area contributed by atoms with Crippen molar-refractivity contribution in [3.63, 3.8) is 0 Å². The van der Waals surface area contributed by atoms with Crippen molar-refractivity contribution in [2.24, 2.45) is 0 Å². The van der Waals surface area contributed by atoms with Crippen LogP contribution in [-0.2, 0) is 11.3 Å². The first-order chi connectivity index (χ1) is 11.7. The highest BCUT2D eigenvalue weighted by molar-refractivity contribution is 5.96. The van der Waals surface area contributed by atoms with Gasteiger partial charge in [-0.2, -0.15) is 4.57 Å². The van der Waals surface area contributed by atoms with Crippen molar-refractivity contribution in [3.05, 3.63) is 66.0 Å². The zero-order valence-electron chi connectivity index (χ0n) is 13.7. The first-order valence-electron chi connectivity index (χ1n) is 8.51. The van der Waals surface area contributed by atoms with Crippen LogP contribution in [0.25, 0.3) is 0 Å². The van der Waals surface area contributed by atoms with Crippen LogP contribution in [0.15, 0.2) is 54.9 Å². The Hall–Kier alpha value is -2.49. The molecule has 1 aliphatic rings. The summed E-state index contributed by atoms with van der Waals surface area (Å²) in [4.78, 5) is 24.4. The standard InChI is InChI=1S/C20H22NO3/c22-19(15-21-13-5-2-6-14-21)16-9-11-17(12-10-16)20(23)24-18-7-3-1-4-8-18/h2,5-6,9-14,18H,1,3-4,7-8,15H2/q+1. The molecule has 0 amide bonds. The monoisotopic (exact) mass is 324 g/mol. The predicted octanol–water partition coefficient (Wildman–Crippen LogP) is 3.35. The summed E-state index contributed by atoms with van der Waals surface area (Å²) in [5, 5.41) is 0. The summed E-state index contributed by atoms with van der Waals surface area (Å²) in [5.74, 6) is -0.281. The highest BCUT2D eigenvalue weighted by Gasteiger charge is 2.19. The summed E-state index contributed by atoms with van der Waals surface area (Å²) in [7, 11) is 0. The van der Waals surface area contributed by atoms with Crippen molar-refractivity contribution < 1.29 is 18.9 Å². The van der Waals surface area contributed by atoms with E-state index in [0.29, 0.717) is 11.1 Å². The van der Waals surface area contributed by atoms with Crippen LogP contribution < -0.4 is 4.57 Å². The van der Waals surface area contributed by atoms with Gasteiger partial charge in [-0.3, -0.25) is 4.79 Å². The minimum Gasteiger partial charge on any atom is -0.459 e. The van der Waals surface area contributed by atoms with Gasteiger partial charge >= 0.3 is 5.97 Å². The zero-order chi connectivity index (χ0) is 16.8. The maximum Gasteiger partial charge on any atom is 0.338 e. The number of benzene rings is 1. The SMILES string of the molecule is O=C(C[n+]1ccccc1)c1ccc(C(=O)OC2CCCCC2)cc1. The molecule has 0 atom stereocenters. The molecule has 24 heavy (non-hydrogen) atoms. The Morgan fingerprint density at radius 2 is 1.54 bits per heavy atom. The number of nitrogens with zero attached hydrogens (tertiary/aromatic N) is 1. The molecule has 4 heteroatoms. The lowest BCUT2D eigenvalue weighted by atomic mass is 9.98. The number of pyridine rings is 1. The van der Waals surface area contributed by atoms with Crippen molar-refractivity contribution in [2.45, 2.75) is 44.8 Å². The van der Waals surface area contributed by atoms with Crippen LogP contribution in [0.5, 0.6) is 0 Å². The number of hydrogen-bond donors (Lipinski definition) is 0. The van der Waals surface area contributed by atoms with E-state index in [0.717, 1.165) is 25.7 Å². The lowest BCUT2D eigenvalue weighted by Gasteiger charge is -2.21. The van der Waals surface area contributed by atoms with Gasteiger partial charge in [0.05, 0.1) is 5.56 Å². The Balaban J connectivity index is 1.60. The van der Waals surface area contributed by atoms with Crippen molar-refractivity contribution >= 4 is 11.8 Å². The van der Waals surface area contributed by atoms with Crippen LogP contribution in [0, 0.1) is 0 Å². The Kier molecular flexibility index (Phi) is 5.36. The normalized spacial score (nSPS) is 15.0. The zero-order valence-corrected chi connectivity index (χ0v) is 13.7. The fraction of sp³-hybridized carbons (Fsp3) is 0.350. The second-order valence-corrected chi connectivity index (χ2v) is 6.21. The van der Waals surface area contributed by atoms with E-state index in [1.54, 1.807) is 24.3 Å². The van der Waals surface area contributed by atoms with Crippen LogP contribution in [0.2, 0.25) is 0 Å². The summed E-state index contributed by atoms with van der Waals surface area (Å²) in [5.41, 5.74) is 1.10. The molecule has 0 radical (unpaired) electrons. The third-order valence-corrected chi connectivity index (χ3v) is 4.37. The van der Waals surface area contributed by atoms with Gasteiger partial charge < -0.3 is 4.74 Å². The number of carbonyl (C=O) groups is 2. The number of hydrogen-bond acceptors (Lipinski definition) is 3. The van der Waals surface area contributed by atoms with Gasteiger partial charge in [-0.05, 0) is 37.8 Å². The summed E-state index contributed by atoms with van der Waals surface area (Å²) in [6, 6.07) is 12.4.